The Balaban J connectivity index is 2.82. The zero-order valence-electron chi connectivity index (χ0n) is 6.62. The Morgan fingerprint density at radius 1 is 1.10 bits per heavy atom. The van der Waals surface area contributed by atoms with E-state index in [2.05, 4.69) is 11.5 Å². The molecule has 0 spiro atoms. The molecule has 0 nitrogen and oxygen atoms in total. The molecule has 0 aromatic rings. The Labute approximate surface area is 71.8 Å². The van der Waals surface area contributed by atoms with Crippen LogP contribution in [-0.4, -0.2) is 16.1 Å². The van der Waals surface area contributed by atoms with Crippen LogP contribution in [0.1, 0.15) is 32.1 Å². The lowest BCUT2D eigenvalue weighted by Crippen LogP contribution is -1.78. The molecule has 0 radical (unpaired) electrons. The average molecular weight is 175 g/mol. The van der Waals surface area contributed by atoms with Gasteiger partial charge in [-0.05, 0) is 12.8 Å². The normalized spacial score (nSPS) is 8.90. The molecule has 0 N–H and O–H groups in total. The number of hydrogen-bond donors (Lipinski definition) is 0. The van der Waals surface area contributed by atoms with Gasteiger partial charge in [-0.25, -0.2) is 0 Å². The van der Waals surface area contributed by atoms with Crippen LogP contribution >= 0.6 is 11.6 Å². The van der Waals surface area contributed by atoms with Gasteiger partial charge in [0.1, 0.15) is 0 Å². The van der Waals surface area contributed by atoms with Gasteiger partial charge in [0.2, 0.25) is 0 Å². The Morgan fingerprint density at radius 3 is 2.40 bits per heavy atom. The molecular formula is C8H15ClSi. The van der Waals surface area contributed by atoms with Gasteiger partial charge in [-0.15, -0.1) is 23.1 Å². The number of rotatable bonds is 5. The first kappa shape index (κ1) is 10.1. The molecule has 58 valence electrons. The third-order valence-electron chi connectivity index (χ3n) is 1.36. The van der Waals surface area contributed by atoms with Gasteiger partial charge < -0.3 is 0 Å². The van der Waals surface area contributed by atoms with E-state index >= 15 is 0 Å². The summed E-state index contributed by atoms with van der Waals surface area (Å²) in [6, 6.07) is 0. The molecule has 0 fully saturated rings. The number of alkyl halides is 1. The molecule has 0 heterocycles. The Hall–Kier alpha value is 0.0669. The highest BCUT2D eigenvalue weighted by molar-refractivity contribution is 6.22. The molecule has 0 bridgehead atoms. The molecule has 0 amide bonds. The highest BCUT2D eigenvalue weighted by atomic mass is 35.5. The number of hydrogen-bond acceptors (Lipinski definition) is 0. The van der Waals surface area contributed by atoms with Gasteiger partial charge in [-0.2, -0.15) is 0 Å². The Morgan fingerprint density at radius 2 is 1.80 bits per heavy atom. The molecule has 0 unspecified atom stereocenters. The summed E-state index contributed by atoms with van der Waals surface area (Å²) in [6.07, 6.45) is 6.07. The summed E-state index contributed by atoms with van der Waals surface area (Å²) in [7, 11) is 1.03. The van der Waals surface area contributed by atoms with E-state index in [4.69, 9.17) is 11.6 Å². The lowest BCUT2D eigenvalue weighted by molar-refractivity contribution is 0.682. The summed E-state index contributed by atoms with van der Waals surface area (Å²) >= 11 is 5.52. The fourth-order valence-corrected chi connectivity index (χ4v) is 1.23. The van der Waals surface area contributed by atoms with Gasteiger partial charge >= 0.3 is 0 Å². The lowest BCUT2D eigenvalue weighted by atomic mass is 10.2. The molecule has 10 heavy (non-hydrogen) atoms. The van der Waals surface area contributed by atoms with Crippen LogP contribution in [0.5, 0.6) is 0 Å². The summed E-state index contributed by atoms with van der Waals surface area (Å²) in [5, 5.41) is 0. The molecule has 0 aliphatic carbocycles. The second-order valence-electron chi connectivity index (χ2n) is 2.28. The van der Waals surface area contributed by atoms with E-state index in [-0.39, 0.29) is 0 Å². The van der Waals surface area contributed by atoms with Crippen molar-refractivity contribution in [2.45, 2.75) is 32.1 Å². The van der Waals surface area contributed by atoms with Crippen LogP contribution in [0.2, 0.25) is 0 Å². The van der Waals surface area contributed by atoms with Gasteiger partial charge in [0.25, 0.3) is 0 Å². The van der Waals surface area contributed by atoms with Crippen LogP contribution in [-0.2, 0) is 0 Å². The predicted octanol–water partition coefficient (Wildman–Crippen LogP) is 1.50. The van der Waals surface area contributed by atoms with Crippen molar-refractivity contribution in [2.75, 3.05) is 5.88 Å². The topological polar surface area (TPSA) is 0 Å². The fourth-order valence-electron chi connectivity index (χ4n) is 0.786. The number of halogens is 1. The zero-order chi connectivity index (χ0) is 7.66. The third kappa shape index (κ3) is 8.07. The minimum atomic E-state index is 0.812. The average Bonchev–Trinajstić information content (AvgIpc) is 1.97. The largest absolute Gasteiger partial charge is 0.144 e. The van der Waals surface area contributed by atoms with Gasteiger partial charge in [0.15, 0.2) is 0 Å². The maximum Gasteiger partial charge on any atom is 0.0906 e. The van der Waals surface area contributed by atoms with Crippen LogP contribution in [0.3, 0.4) is 0 Å². The van der Waals surface area contributed by atoms with Crippen molar-refractivity contribution in [3.8, 4) is 11.5 Å². The second-order valence-corrected chi connectivity index (χ2v) is 3.16. The molecule has 0 aliphatic heterocycles. The summed E-state index contributed by atoms with van der Waals surface area (Å²) < 4.78 is 0. The SMILES string of the molecule is [SiH3]C#CCCCCCCCl. The van der Waals surface area contributed by atoms with E-state index in [1.807, 2.05) is 0 Å². The van der Waals surface area contributed by atoms with E-state index in [9.17, 15) is 0 Å². The fraction of sp³-hybridized carbons (Fsp3) is 0.750. The minimum Gasteiger partial charge on any atom is -0.144 e. The van der Waals surface area contributed by atoms with Gasteiger partial charge in [0, 0.05) is 12.3 Å². The summed E-state index contributed by atoms with van der Waals surface area (Å²) in [5.41, 5.74) is 3.02. The molecule has 0 aromatic carbocycles. The standard InChI is InChI=1S/C8H15ClSi/c9-7-5-3-1-2-4-6-8-10/h1-5,7H2,10H3. The highest BCUT2D eigenvalue weighted by Gasteiger charge is 1.85. The van der Waals surface area contributed by atoms with Crippen LogP contribution < -0.4 is 0 Å². The molecule has 2 heteroatoms. The first-order valence-electron chi connectivity index (χ1n) is 3.87. The molecule has 0 rings (SSSR count). The molecule has 0 aliphatic rings. The van der Waals surface area contributed by atoms with Crippen molar-refractivity contribution in [2.24, 2.45) is 0 Å². The molecule has 0 atom stereocenters. The quantitative estimate of drug-likeness (QED) is 0.257. The molecule has 0 saturated heterocycles. The second kappa shape index (κ2) is 9.07. The van der Waals surface area contributed by atoms with Gasteiger partial charge in [0.05, 0.1) is 10.2 Å². The summed E-state index contributed by atoms with van der Waals surface area (Å²) in [5.74, 6) is 3.92. The molecule has 0 saturated carbocycles. The first-order valence-corrected chi connectivity index (χ1v) is 5.41. The van der Waals surface area contributed by atoms with Crippen molar-refractivity contribution in [3.63, 3.8) is 0 Å². The van der Waals surface area contributed by atoms with Crippen molar-refractivity contribution in [1.82, 2.24) is 0 Å². The Kier molecular flexibility index (Phi) is 9.13. The monoisotopic (exact) mass is 174 g/mol. The van der Waals surface area contributed by atoms with E-state index in [1.54, 1.807) is 0 Å². The van der Waals surface area contributed by atoms with Crippen molar-refractivity contribution in [1.29, 1.82) is 0 Å². The van der Waals surface area contributed by atoms with Crippen LogP contribution in [0.15, 0.2) is 0 Å². The smallest absolute Gasteiger partial charge is 0.0906 e. The van der Waals surface area contributed by atoms with E-state index in [0.29, 0.717) is 0 Å². The van der Waals surface area contributed by atoms with Gasteiger partial charge in [-0.1, -0.05) is 12.8 Å². The first-order chi connectivity index (χ1) is 4.91. The zero-order valence-corrected chi connectivity index (χ0v) is 9.38. The summed E-state index contributed by atoms with van der Waals surface area (Å²) in [4.78, 5) is 0. The summed E-state index contributed by atoms with van der Waals surface area (Å²) in [6.45, 7) is 0. The van der Waals surface area contributed by atoms with Crippen LogP contribution in [0, 0.1) is 11.5 Å². The van der Waals surface area contributed by atoms with Crippen LogP contribution in [0.4, 0.5) is 0 Å². The Bertz CT molecular complexity index is 112. The van der Waals surface area contributed by atoms with E-state index < -0.39 is 0 Å². The van der Waals surface area contributed by atoms with E-state index in [0.717, 1.165) is 29.0 Å². The van der Waals surface area contributed by atoms with Crippen molar-refractivity contribution < 1.29 is 0 Å². The van der Waals surface area contributed by atoms with E-state index in [1.165, 1.54) is 19.3 Å². The lowest BCUT2D eigenvalue weighted by Gasteiger charge is -1.93. The number of unbranched alkanes of at least 4 members (excludes halogenated alkanes) is 4. The minimum absolute atomic E-state index is 0.812. The van der Waals surface area contributed by atoms with Crippen LogP contribution in [0.25, 0.3) is 0 Å². The third-order valence-corrected chi connectivity index (χ3v) is 1.98. The maximum absolute atomic E-state index is 5.52. The predicted molar refractivity (Wildman–Crippen MR) is 51.5 cm³/mol. The van der Waals surface area contributed by atoms with Gasteiger partial charge in [-0.3, -0.25) is 0 Å². The van der Waals surface area contributed by atoms with Crippen molar-refractivity contribution in [3.05, 3.63) is 0 Å². The highest BCUT2D eigenvalue weighted by Crippen LogP contribution is 2.02. The molecule has 0 aromatic heterocycles. The molecular weight excluding hydrogens is 160 g/mol. The van der Waals surface area contributed by atoms with Crippen molar-refractivity contribution >= 4 is 21.8 Å². The maximum atomic E-state index is 5.52.